The van der Waals surface area contributed by atoms with Crippen LogP contribution >= 0.6 is 11.3 Å². The molecule has 2 aromatic rings. The molecule has 5 heteroatoms. The highest BCUT2D eigenvalue weighted by atomic mass is 32.1. The largest absolute Gasteiger partial charge is 0.463 e. The van der Waals surface area contributed by atoms with Gasteiger partial charge in [0.15, 0.2) is 0 Å². The molecule has 0 saturated carbocycles. The van der Waals surface area contributed by atoms with Crippen molar-refractivity contribution in [3.63, 3.8) is 0 Å². The standard InChI is InChI=1S/C15H19NO3S/c1-15(2,13-5-4-8-20-13)10-16-9-11-6-7-12(19-11)14(17)18-3/h4-8,16H,9-10H2,1-3H3. The van der Waals surface area contributed by atoms with E-state index in [4.69, 9.17) is 4.42 Å². The van der Waals surface area contributed by atoms with Crippen molar-refractivity contribution in [1.82, 2.24) is 5.32 Å². The molecule has 108 valence electrons. The number of nitrogens with one attached hydrogen (secondary N) is 1. The fourth-order valence-corrected chi connectivity index (χ4v) is 2.78. The average Bonchev–Trinajstić information content (AvgIpc) is 3.09. The third-order valence-corrected chi connectivity index (χ3v) is 4.34. The van der Waals surface area contributed by atoms with Crippen LogP contribution < -0.4 is 5.32 Å². The van der Waals surface area contributed by atoms with Gasteiger partial charge in [0.05, 0.1) is 13.7 Å². The molecule has 0 spiro atoms. The molecule has 0 unspecified atom stereocenters. The van der Waals surface area contributed by atoms with Crippen LogP contribution in [0.3, 0.4) is 0 Å². The number of esters is 1. The van der Waals surface area contributed by atoms with Crippen LogP contribution in [-0.4, -0.2) is 19.6 Å². The van der Waals surface area contributed by atoms with Gasteiger partial charge in [0.2, 0.25) is 5.76 Å². The van der Waals surface area contributed by atoms with Gasteiger partial charge in [0.25, 0.3) is 0 Å². The third-order valence-electron chi connectivity index (χ3n) is 3.10. The Balaban J connectivity index is 1.87. The molecule has 0 bridgehead atoms. The highest BCUT2D eigenvalue weighted by Gasteiger charge is 2.21. The highest BCUT2D eigenvalue weighted by Crippen LogP contribution is 2.26. The molecule has 20 heavy (non-hydrogen) atoms. The molecule has 0 saturated heterocycles. The van der Waals surface area contributed by atoms with Gasteiger partial charge in [-0.2, -0.15) is 0 Å². The van der Waals surface area contributed by atoms with Gasteiger partial charge in [0.1, 0.15) is 5.76 Å². The van der Waals surface area contributed by atoms with Crippen LogP contribution in [0.1, 0.15) is 35.0 Å². The summed E-state index contributed by atoms with van der Waals surface area (Å²) in [7, 11) is 1.34. The van der Waals surface area contributed by atoms with Crippen LogP contribution in [0, 0.1) is 0 Å². The molecule has 0 aromatic carbocycles. The van der Waals surface area contributed by atoms with Crippen molar-refractivity contribution in [3.8, 4) is 0 Å². The number of methoxy groups -OCH3 is 1. The Kier molecular flexibility index (Phi) is 4.62. The SMILES string of the molecule is COC(=O)c1ccc(CNCC(C)(C)c2cccs2)o1. The summed E-state index contributed by atoms with van der Waals surface area (Å²) in [4.78, 5) is 12.6. The molecule has 2 aromatic heterocycles. The average molecular weight is 293 g/mol. The van der Waals surface area contributed by atoms with Gasteiger partial charge < -0.3 is 14.5 Å². The van der Waals surface area contributed by atoms with Gasteiger partial charge in [-0.05, 0) is 23.6 Å². The molecule has 2 rings (SSSR count). The molecule has 0 radical (unpaired) electrons. The van der Waals surface area contributed by atoms with Gasteiger partial charge in [-0.25, -0.2) is 4.79 Å². The Labute approximate surface area is 122 Å². The summed E-state index contributed by atoms with van der Waals surface area (Å²) in [6, 6.07) is 7.64. The van der Waals surface area contributed by atoms with E-state index in [-0.39, 0.29) is 11.2 Å². The normalized spacial score (nSPS) is 11.6. The van der Waals surface area contributed by atoms with Crippen LogP contribution in [0.25, 0.3) is 0 Å². The number of ether oxygens (including phenoxy) is 1. The lowest BCUT2D eigenvalue weighted by Crippen LogP contribution is -2.31. The van der Waals surface area contributed by atoms with Crippen LogP contribution in [-0.2, 0) is 16.7 Å². The molecule has 0 amide bonds. The number of hydrogen-bond donors (Lipinski definition) is 1. The number of thiophene rings is 1. The fourth-order valence-electron chi connectivity index (χ4n) is 1.93. The molecular weight excluding hydrogens is 274 g/mol. The first-order valence-corrected chi connectivity index (χ1v) is 7.32. The molecule has 4 nitrogen and oxygen atoms in total. The molecule has 0 aliphatic carbocycles. The lowest BCUT2D eigenvalue weighted by molar-refractivity contribution is 0.0563. The minimum absolute atomic E-state index is 0.0753. The van der Waals surface area contributed by atoms with Gasteiger partial charge in [-0.1, -0.05) is 19.9 Å². The maximum absolute atomic E-state index is 11.3. The van der Waals surface area contributed by atoms with E-state index in [1.807, 2.05) is 0 Å². The zero-order chi connectivity index (χ0) is 14.6. The quantitative estimate of drug-likeness (QED) is 0.831. The van der Waals surface area contributed by atoms with Crippen molar-refractivity contribution >= 4 is 17.3 Å². The first kappa shape index (κ1) is 14.8. The number of carbonyl (C=O) groups is 1. The Morgan fingerprint density at radius 2 is 2.20 bits per heavy atom. The smallest absolute Gasteiger partial charge is 0.373 e. The molecular formula is C15H19NO3S. The minimum atomic E-state index is -0.449. The lowest BCUT2D eigenvalue weighted by atomic mass is 9.91. The van der Waals surface area contributed by atoms with E-state index in [0.29, 0.717) is 6.54 Å². The van der Waals surface area contributed by atoms with Crippen molar-refractivity contribution in [1.29, 1.82) is 0 Å². The fraction of sp³-hybridized carbons (Fsp3) is 0.400. The first-order chi connectivity index (χ1) is 9.53. The highest BCUT2D eigenvalue weighted by molar-refractivity contribution is 7.10. The maximum atomic E-state index is 11.3. The Bertz CT molecular complexity index is 557. The summed E-state index contributed by atoms with van der Waals surface area (Å²) in [5.74, 6) is 0.518. The molecule has 0 atom stereocenters. The topological polar surface area (TPSA) is 51.5 Å². The first-order valence-electron chi connectivity index (χ1n) is 6.44. The van der Waals surface area contributed by atoms with Crippen molar-refractivity contribution in [2.24, 2.45) is 0 Å². The predicted molar refractivity (Wildman–Crippen MR) is 79.1 cm³/mol. The summed E-state index contributed by atoms with van der Waals surface area (Å²) >= 11 is 1.76. The van der Waals surface area contributed by atoms with Gasteiger partial charge in [-0.15, -0.1) is 11.3 Å². The Morgan fingerprint density at radius 3 is 2.85 bits per heavy atom. The van der Waals surface area contributed by atoms with E-state index in [1.165, 1.54) is 12.0 Å². The molecule has 2 heterocycles. The lowest BCUT2D eigenvalue weighted by Gasteiger charge is -2.23. The Hall–Kier alpha value is -1.59. The minimum Gasteiger partial charge on any atom is -0.463 e. The van der Waals surface area contributed by atoms with Crippen molar-refractivity contribution < 1.29 is 13.9 Å². The summed E-state index contributed by atoms with van der Waals surface area (Å²) in [6.07, 6.45) is 0. The van der Waals surface area contributed by atoms with Gasteiger partial charge in [-0.3, -0.25) is 0 Å². The predicted octanol–water partition coefficient (Wildman–Crippen LogP) is 3.20. The van der Waals surface area contributed by atoms with E-state index < -0.39 is 5.97 Å². The number of carbonyl (C=O) groups excluding carboxylic acids is 1. The summed E-state index contributed by atoms with van der Waals surface area (Å²) in [5, 5.41) is 5.45. The van der Waals surface area contributed by atoms with Crippen LogP contribution in [0.2, 0.25) is 0 Å². The van der Waals surface area contributed by atoms with E-state index in [9.17, 15) is 4.79 Å². The maximum Gasteiger partial charge on any atom is 0.373 e. The zero-order valence-corrected chi connectivity index (χ0v) is 12.8. The van der Waals surface area contributed by atoms with Crippen molar-refractivity contribution in [2.75, 3.05) is 13.7 Å². The molecule has 0 aliphatic rings. The van der Waals surface area contributed by atoms with E-state index >= 15 is 0 Å². The summed E-state index contributed by atoms with van der Waals surface area (Å²) in [6.45, 7) is 5.83. The van der Waals surface area contributed by atoms with E-state index in [0.717, 1.165) is 12.3 Å². The van der Waals surface area contributed by atoms with Crippen LogP contribution in [0.4, 0.5) is 0 Å². The summed E-state index contributed by atoms with van der Waals surface area (Å²) in [5.41, 5.74) is 0.0753. The van der Waals surface area contributed by atoms with E-state index in [2.05, 4.69) is 41.4 Å². The number of furan rings is 1. The number of rotatable bonds is 6. The second-order valence-electron chi connectivity index (χ2n) is 5.22. The number of hydrogen-bond acceptors (Lipinski definition) is 5. The van der Waals surface area contributed by atoms with Gasteiger partial charge >= 0.3 is 5.97 Å². The van der Waals surface area contributed by atoms with E-state index in [1.54, 1.807) is 23.5 Å². The van der Waals surface area contributed by atoms with Crippen molar-refractivity contribution in [2.45, 2.75) is 25.8 Å². The second-order valence-corrected chi connectivity index (χ2v) is 6.17. The summed E-state index contributed by atoms with van der Waals surface area (Å²) < 4.78 is 10.0. The third kappa shape index (κ3) is 3.49. The molecule has 0 fully saturated rings. The monoisotopic (exact) mass is 293 g/mol. The Morgan fingerprint density at radius 1 is 1.40 bits per heavy atom. The van der Waals surface area contributed by atoms with Crippen LogP contribution in [0.15, 0.2) is 34.1 Å². The molecule has 1 N–H and O–H groups in total. The molecule has 0 aliphatic heterocycles. The van der Waals surface area contributed by atoms with Gasteiger partial charge in [0, 0.05) is 16.8 Å². The van der Waals surface area contributed by atoms with Crippen LogP contribution in [0.5, 0.6) is 0 Å². The zero-order valence-electron chi connectivity index (χ0n) is 11.9. The van der Waals surface area contributed by atoms with Crippen molar-refractivity contribution in [3.05, 3.63) is 46.0 Å². The second kappa shape index (κ2) is 6.24.